The third-order valence-corrected chi connectivity index (χ3v) is 6.87. The molecule has 1 aliphatic heterocycles. The number of nitrogens with one attached hydrogen (secondary N) is 1. The van der Waals surface area contributed by atoms with Crippen LogP contribution in [0.1, 0.15) is 38.8 Å². The maximum absolute atomic E-state index is 12.1. The van der Waals surface area contributed by atoms with Crippen LogP contribution in [0.4, 0.5) is 0 Å². The predicted octanol–water partition coefficient (Wildman–Crippen LogP) is 2.60. The highest BCUT2D eigenvalue weighted by Gasteiger charge is 2.36. The summed E-state index contributed by atoms with van der Waals surface area (Å²) in [6, 6.07) is 2.14. The van der Waals surface area contributed by atoms with Crippen LogP contribution in [0.3, 0.4) is 0 Å². The lowest BCUT2D eigenvalue weighted by atomic mass is 10.0. The molecule has 2 atom stereocenters. The molecule has 17 heavy (non-hydrogen) atoms. The zero-order chi connectivity index (χ0) is 12.6. The van der Waals surface area contributed by atoms with E-state index in [2.05, 4.69) is 19.2 Å². The molecule has 0 fully saturated rings. The smallest absolute Gasteiger partial charge is 0.190 e. The standard InChI is InChI=1S/C12H19NO2S2/c1-8(2)7-13-11-6-9(3)17(14,15)12-10(11)4-5-16-12/h4-5,8-9,11,13H,6-7H2,1-3H3. The van der Waals surface area contributed by atoms with Gasteiger partial charge in [0.05, 0.1) is 5.25 Å². The molecule has 0 saturated heterocycles. The Hall–Kier alpha value is -0.390. The van der Waals surface area contributed by atoms with E-state index in [-0.39, 0.29) is 11.3 Å². The van der Waals surface area contributed by atoms with Crippen LogP contribution < -0.4 is 5.32 Å². The van der Waals surface area contributed by atoms with Gasteiger partial charge in [-0.05, 0) is 42.8 Å². The lowest BCUT2D eigenvalue weighted by Crippen LogP contribution is -2.34. The van der Waals surface area contributed by atoms with Crippen molar-refractivity contribution in [3.63, 3.8) is 0 Å². The molecule has 1 aromatic rings. The van der Waals surface area contributed by atoms with Crippen LogP contribution in [0.2, 0.25) is 0 Å². The average Bonchev–Trinajstić information content (AvgIpc) is 2.71. The van der Waals surface area contributed by atoms with E-state index in [0.29, 0.717) is 16.5 Å². The van der Waals surface area contributed by atoms with Gasteiger partial charge >= 0.3 is 0 Å². The molecule has 5 heteroatoms. The molecule has 0 saturated carbocycles. The fourth-order valence-corrected chi connectivity index (χ4v) is 5.37. The third kappa shape index (κ3) is 2.41. The first kappa shape index (κ1) is 13.1. The van der Waals surface area contributed by atoms with Crippen molar-refractivity contribution in [1.29, 1.82) is 0 Å². The lowest BCUT2D eigenvalue weighted by Gasteiger charge is -2.28. The van der Waals surface area contributed by atoms with Gasteiger partial charge in [-0.1, -0.05) is 13.8 Å². The summed E-state index contributed by atoms with van der Waals surface area (Å²) in [6.45, 7) is 7.05. The molecular formula is C12H19NO2S2. The number of hydrogen-bond acceptors (Lipinski definition) is 4. The van der Waals surface area contributed by atoms with E-state index in [1.54, 1.807) is 0 Å². The monoisotopic (exact) mass is 273 g/mol. The second kappa shape index (κ2) is 4.71. The Morgan fingerprint density at radius 1 is 1.53 bits per heavy atom. The second-order valence-electron chi connectivity index (χ2n) is 5.11. The Bertz CT molecular complexity index is 490. The predicted molar refractivity (Wildman–Crippen MR) is 71.2 cm³/mol. The molecule has 2 rings (SSSR count). The average molecular weight is 273 g/mol. The Morgan fingerprint density at radius 2 is 2.24 bits per heavy atom. The molecule has 1 aliphatic rings. The van der Waals surface area contributed by atoms with Crippen molar-refractivity contribution in [2.75, 3.05) is 6.54 Å². The molecule has 0 radical (unpaired) electrons. The van der Waals surface area contributed by atoms with Gasteiger partial charge < -0.3 is 5.32 Å². The van der Waals surface area contributed by atoms with Crippen molar-refractivity contribution in [2.24, 2.45) is 5.92 Å². The second-order valence-corrected chi connectivity index (χ2v) is 8.59. The van der Waals surface area contributed by atoms with Gasteiger partial charge in [0.25, 0.3) is 0 Å². The molecule has 2 heterocycles. The van der Waals surface area contributed by atoms with Crippen LogP contribution in [0.25, 0.3) is 0 Å². The van der Waals surface area contributed by atoms with E-state index >= 15 is 0 Å². The van der Waals surface area contributed by atoms with E-state index in [1.807, 2.05) is 18.4 Å². The van der Waals surface area contributed by atoms with E-state index in [1.165, 1.54) is 11.3 Å². The largest absolute Gasteiger partial charge is 0.310 e. The number of thiophene rings is 1. The summed E-state index contributed by atoms with van der Waals surface area (Å²) in [7, 11) is -3.07. The van der Waals surface area contributed by atoms with E-state index < -0.39 is 9.84 Å². The first-order valence-electron chi connectivity index (χ1n) is 5.97. The van der Waals surface area contributed by atoms with Crippen LogP contribution in [0.15, 0.2) is 15.7 Å². The Labute approximate surface area is 107 Å². The maximum atomic E-state index is 12.1. The van der Waals surface area contributed by atoms with Crippen molar-refractivity contribution < 1.29 is 8.42 Å². The van der Waals surface area contributed by atoms with Crippen LogP contribution in [-0.2, 0) is 9.84 Å². The lowest BCUT2D eigenvalue weighted by molar-refractivity contribution is 0.434. The minimum atomic E-state index is -3.07. The van der Waals surface area contributed by atoms with Crippen molar-refractivity contribution >= 4 is 21.2 Å². The van der Waals surface area contributed by atoms with Gasteiger partial charge in [-0.3, -0.25) is 0 Å². The van der Waals surface area contributed by atoms with Crippen LogP contribution in [-0.4, -0.2) is 20.2 Å². The quantitative estimate of drug-likeness (QED) is 0.921. The molecule has 0 bridgehead atoms. The van der Waals surface area contributed by atoms with Gasteiger partial charge in [0.2, 0.25) is 0 Å². The van der Waals surface area contributed by atoms with Crippen molar-refractivity contribution in [3.05, 3.63) is 17.0 Å². The summed E-state index contributed by atoms with van der Waals surface area (Å²) in [6.07, 6.45) is 0.679. The zero-order valence-electron chi connectivity index (χ0n) is 10.4. The molecular weight excluding hydrogens is 254 g/mol. The van der Waals surface area contributed by atoms with E-state index in [0.717, 1.165) is 12.1 Å². The van der Waals surface area contributed by atoms with Gasteiger partial charge in [0.1, 0.15) is 4.21 Å². The third-order valence-electron chi connectivity index (χ3n) is 3.16. The molecule has 0 amide bonds. The van der Waals surface area contributed by atoms with Crippen LogP contribution in [0.5, 0.6) is 0 Å². The Morgan fingerprint density at radius 3 is 2.88 bits per heavy atom. The Balaban J connectivity index is 2.29. The number of sulfone groups is 1. The normalized spacial score (nSPS) is 27.1. The van der Waals surface area contributed by atoms with Gasteiger partial charge in [-0.15, -0.1) is 11.3 Å². The number of fused-ring (bicyclic) bond motifs is 1. The van der Waals surface area contributed by atoms with Crippen molar-refractivity contribution in [1.82, 2.24) is 5.32 Å². The molecule has 1 N–H and O–H groups in total. The molecule has 96 valence electrons. The van der Waals surface area contributed by atoms with Gasteiger partial charge in [-0.2, -0.15) is 0 Å². The topological polar surface area (TPSA) is 46.2 Å². The van der Waals surface area contributed by atoms with Crippen molar-refractivity contribution in [2.45, 2.75) is 42.7 Å². The molecule has 0 spiro atoms. The van der Waals surface area contributed by atoms with E-state index in [4.69, 9.17) is 0 Å². The van der Waals surface area contributed by atoms with Gasteiger partial charge in [-0.25, -0.2) is 8.42 Å². The summed E-state index contributed by atoms with van der Waals surface area (Å²) in [4.78, 5) is 0. The molecule has 2 unspecified atom stereocenters. The maximum Gasteiger partial charge on any atom is 0.190 e. The van der Waals surface area contributed by atoms with Crippen molar-refractivity contribution in [3.8, 4) is 0 Å². The fourth-order valence-electron chi connectivity index (χ4n) is 2.13. The molecule has 1 aromatic heterocycles. The summed E-state index contributed by atoms with van der Waals surface area (Å²) in [5.41, 5.74) is 0.966. The zero-order valence-corrected chi connectivity index (χ0v) is 12.1. The summed E-state index contributed by atoms with van der Waals surface area (Å²) in [5.74, 6) is 0.575. The number of rotatable bonds is 3. The Kier molecular flexibility index (Phi) is 3.61. The molecule has 0 aromatic carbocycles. The van der Waals surface area contributed by atoms with Crippen LogP contribution >= 0.6 is 11.3 Å². The van der Waals surface area contributed by atoms with Gasteiger partial charge in [0.15, 0.2) is 9.84 Å². The highest BCUT2D eigenvalue weighted by Crippen LogP contribution is 2.39. The number of hydrogen-bond donors (Lipinski definition) is 1. The molecule has 0 aliphatic carbocycles. The first-order valence-corrected chi connectivity index (χ1v) is 8.40. The summed E-state index contributed by atoms with van der Waals surface area (Å²) >= 11 is 1.35. The minimum Gasteiger partial charge on any atom is -0.310 e. The van der Waals surface area contributed by atoms with Crippen LogP contribution in [0, 0.1) is 5.92 Å². The van der Waals surface area contributed by atoms with E-state index in [9.17, 15) is 8.42 Å². The summed E-state index contributed by atoms with van der Waals surface area (Å²) < 4.78 is 24.8. The summed E-state index contributed by atoms with van der Waals surface area (Å²) in [5, 5.41) is 5.07. The fraction of sp³-hybridized carbons (Fsp3) is 0.667. The van der Waals surface area contributed by atoms with Gasteiger partial charge in [0, 0.05) is 6.04 Å². The highest BCUT2D eigenvalue weighted by molar-refractivity contribution is 7.94. The first-order chi connectivity index (χ1) is 7.93. The molecule has 3 nitrogen and oxygen atoms in total. The minimum absolute atomic E-state index is 0.192. The SMILES string of the molecule is CC(C)CNC1CC(C)S(=O)(=O)c2sccc21. The highest BCUT2D eigenvalue weighted by atomic mass is 32.2.